The number of hydrogen-bond donors (Lipinski definition) is 1. The molecule has 2 aliphatic heterocycles. The smallest absolute Gasteiger partial charge is 0.225 e. The molecule has 2 amide bonds. The van der Waals surface area contributed by atoms with E-state index in [9.17, 15) is 9.59 Å². The van der Waals surface area contributed by atoms with Crippen LogP contribution in [0.25, 0.3) is 11.1 Å². The summed E-state index contributed by atoms with van der Waals surface area (Å²) >= 11 is 0. The van der Waals surface area contributed by atoms with Crippen molar-refractivity contribution in [1.82, 2.24) is 14.7 Å². The average Bonchev–Trinajstić information content (AvgIpc) is 3.22. The summed E-state index contributed by atoms with van der Waals surface area (Å²) in [5, 5.41) is 7.30. The highest BCUT2D eigenvalue weighted by atomic mass is 16.5. The number of amides is 2. The summed E-state index contributed by atoms with van der Waals surface area (Å²) in [5.74, 6) is 1.61. The van der Waals surface area contributed by atoms with Crippen molar-refractivity contribution in [3.8, 4) is 16.9 Å². The molecule has 32 heavy (non-hydrogen) atoms. The molecule has 2 aromatic rings. The van der Waals surface area contributed by atoms with E-state index in [0.29, 0.717) is 24.5 Å². The van der Waals surface area contributed by atoms with Crippen molar-refractivity contribution in [2.24, 2.45) is 24.8 Å². The monoisotopic (exact) mass is 438 g/mol. The van der Waals surface area contributed by atoms with Crippen LogP contribution in [-0.4, -0.2) is 46.2 Å². The predicted octanol–water partition coefficient (Wildman–Crippen LogP) is 4.10. The number of benzene rings is 1. The lowest BCUT2D eigenvalue weighted by atomic mass is 9.80. The van der Waals surface area contributed by atoms with Crippen molar-refractivity contribution >= 4 is 17.5 Å². The fourth-order valence-corrected chi connectivity index (χ4v) is 5.03. The Kier molecular flexibility index (Phi) is 6.82. The van der Waals surface area contributed by atoms with E-state index in [1.807, 2.05) is 42.5 Å². The zero-order valence-electron chi connectivity index (χ0n) is 19.3. The number of hydrogen-bond acceptors (Lipinski definition) is 4. The Morgan fingerprint density at radius 3 is 2.75 bits per heavy atom. The largest absolute Gasteiger partial charge is 0.491 e. The van der Waals surface area contributed by atoms with Crippen molar-refractivity contribution in [1.29, 1.82) is 0 Å². The SMILES string of the molecule is CCC(CC)C(=O)N1CC[C@H]2CC(=O)Nc3ccc(-c4cnn(C)c4)cc3OCC[C@H]2C1. The minimum atomic E-state index is 0.0145. The molecule has 2 aliphatic rings. The summed E-state index contributed by atoms with van der Waals surface area (Å²) in [4.78, 5) is 27.8. The normalized spacial score (nSPS) is 21.4. The van der Waals surface area contributed by atoms with Gasteiger partial charge in [0.05, 0.1) is 18.5 Å². The molecule has 4 rings (SSSR count). The molecular formula is C25H34N4O3. The zero-order chi connectivity index (χ0) is 22.7. The highest BCUT2D eigenvalue weighted by molar-refractivity contribution is 5.93. The Morgan fingerprint density at radius 1 is 1.22 bits per heavy atom. The van der Waals surface area contributed by atoms with Crippen LogP contribution < -0.4 is 10.1 Å². The number of rotatable bonds is 4. The Hall–Kier alpha value is -2.83. The molecule has 3 heterocycles. The number of fused-ring (bicyclic) bond motifs is 2. The summed E-state index contributed by atoms with van der Waals surface area (Å²) in [6.45, 7) is 6.19. The topological polar surface area (TPSA) is 76.5 Å². The van der Waals surface area contributed by atoms with Gasteiger partial charge in [-0.15, -0.1) is 0 Å². The van der Waals surface area contributed by atoms with Gasteiger partial charge in [0.1, 0.15) is 5.75 Å². The zero-order valence-corrected chi connectivity index (χ0v) is 19.3. The molecular weight excluding hydrogens is 404 g/mol. The van der Waals surface area contributed by atoms with Crippen LogP contribution in [0, 0.1) is 17.8 Å². The van der Waals surface area contributed by atoms with Crippen LogP contribution in [0.4, 0.5) is 5.69 Å². The van der Waals surface area contributed by atoms with Gasteiger partial charge in [-0.2, -0.15) is 5.10 Å². The Morgan fingerprint density at radius 2 is 2.03 bits per heavy atom. The van der Waals surface area contributed by atoms with E-state index < -0.39 is 0 Å². The number of anilines is 1. The van der Waals surface area contributed by atoms with Crippen molar-refractivity contribution < 1.29 is 14.3 Å². The second-order valence-corrected chi connectivity index (χ2v) is 9.11. The van der Waals surface area contributed by atoms with Gasteiger partial charge in [0.25, 0.3) is 0 Å². The van der Waals surface area contributed by atoms with Crippen LogP contribution >= 0.6 is 0 Å². The first kappa shape index (κ1) is 22.4. The molecule has 1 aromatic carbocycles. The van der Waals surface area contributed by atoms with Gasteiger partial charge in [-0.05, 0) is 55.2 Å². The van der Waals surface area contributed by atoms with E-state index in [2.05, 4.69) is 24.3 Å². The maximum Gasteiger partial charge on any atom is 0.225 e. The van der Waals surface area contributed by atoms with E-state index >= 15 is 0 Å². The first-order valence-electron chi connectivity index (χ1n) is 11.8. The first-order valence-corrected chi connectivity index (χ1v) is 11.8. The van der Waals surface area contributed by atoms with E-state index in [4.69, 9.17) is 4.74 Å². The number of piperidine rings is 1. The lowest BCUT2D eigenvalue weighted by Crippen LogP contribution is -2.47. The number of aromatic nitrogens is 2. The van der Waals surface area contributed by atoms with E-state index in [1.54, 1.807) is 4.68 Å². The number of nitrogens with zero attached hydrogens (tertiary/aromatic N) is 3. The van der Waals surface area contributed by atoms with Crippen LogP contribution in [0.3, 0.4) is 0 Å². The lowest BCUT2D eigenvalue weighted by Gasteiger charge is -2.40. The summed E-state index contributed by atoms with van der Waals surface area (Å²) in [6.07, 6.45) is 7.72. The van der Waals surface area contributed by atoms with Crippen LogP contribution in [0.5, 0.6) is 5.75 Å². The lowest BCUT2D eigenvalue weighted by molar-refractivity contribution is -0.138. The molecule has 1 fully saturated rings. The van der Waals surface area contributed by atoms with Gasteiger partial charge in [-0.25, -0.2) is 0 Å². The van der Waals surface area contributed by atoms with Gasteiger partial charge in [0, 0.05) is 44.2 Å². The van der Waals surface area contributed by atoms with Crippen molar-refractivity contribution in [2.75, 3.05) is 25.0 Å². The fraction of sp³-hybridized carbons (Fsp3) is 0.560. The number of carbonyl (C=O) groups is 2. The number of ether oxygens (including phenoxy) is 1. The van der Waals surface area contributed by atoms with Gasteiger partial charge in [0.2, 0.25) is 11.8 Å². The first-order chi connectivity index (χ1) is 15.5. The molecule has 7 nitrogen and oxygen atoms in total. The molecule has 1 N–H and O–H groups in total. The Balaban J connectivity index is 1.50. The van der Waals surface area contributed by atoms with Crippen molar-refractivity contribution in [3.05, 3.63) is 30.6 Å². The minimum absolute atomic E-state index is 0.0145. The summed E-state index contributed by atoms with van der Waals surface area (Å²) < 4.78 is 7.94. The third-order valence-electron chi connectivity index (χ3n) is 7.03. The van der Waals surface area contributed by atoms with E-state index in [-0.39, 0.29) is 29.6 Å². The predicted molar refractivity (Wildman–Crippen MR) is 124 cm³/mol. The standard InChI is InChI=1S/C25H34N4O3/c1-4-17(5-2)25(31)29-10-8-19-13-24(30)27-22-7-6-18(21-14-26-28(3)15-21)12-23(22)32-11-9-20(19)16-29/h6-7,12,14-15,17,19-20H,4-5,8-11,13,16H2,1-3H3,(H,27,30)/t19-,20-/m0/s1. The third kappa shape index (κ3) is 4.81. The molecule has 1 saturated heterocycles. The number of carbonyl (C=O) groups excluding carboxylic acids is 2. The second kappa shape index (κ2) is 9.76. The van der Waals surface area contributed by atoms with E-state index in [0.717, 1.165) is 49.9 Å². The van der Waals surface area contributed by atoms with Crippen molar-refractivity contribution in [3.63, 3.8) is 0 Å². The molecule has 2 atom stereocenters. The highest BCUT2D eigenvalue weighted by Crippen LogP contribution is 2.35. The van der Waals surface area contributed by atoms with Crippen LogP contribution in [0.15, 0.2) is 30.6 Å². The fourth-order valence-electron chi connectivity index (χ4n) is 5.03. The third-order valence-corrected chi connectivity index (χ3v) is 7.03. The average molecular weight is 439 g/mol. The quantitative estimate of drug-likeness (QED) is 0.780. The maximum atomic E-state index is 12.9. The minimum Gasteiger partial charge on any atom is -0.491 e. The van der Waals surface area contributed by atoms with Crippen LogP contribution in [0.1, 0.15) is 46.0 Å². The number of nitrogens with one attached hydrogen (secondary N) is 1. The molecule has 0 aliphatic carbocycles. The second-order valence-electron chi connectivity index (χ2n) is 9.11. The summed E-state index contributed by atoms with van der Waals surface area (Å²) in [5.41, 5.74) is 2.72. The van der Waals surface area contributed by atoms with Gasteiger partial charge in [0.15, 0.2) is 0 Å². The number of aryl methyl sites for hydroxylation is 1. The summed E-state index contributed by atoms with van der Waals surface area (Å²) in [7, 11) is 1.89. The molecule has 0 spiro atoms. The molecule has 0 radical (unpaired) electrons. The molecule has 1 aromatic heterocycles. The van der Waals surface area contributed by atoms with E-state index in [1.165, 1.54) is 0 Å². The highest BCUT2D eigenvalue weighted by Gasteiger charge is 2.34. The van der Waals surface area contributed by atoms with Gasteiger partial charge < -0.3 is 15.0 Å². The Bertz CT molecular complexity index is 966. The maximum absolute atomic E-state index is 12.9. The Labute approximate surface area is 190 Å². The van der Waals surface area contributed by atoms with Crippen LogP contribution in [0.2, 0.25) is 0 Å². The molecule has 0 unspecified atom stereocenters. The van der Waals surface area contributed by atoms with Crippen molar-refractivity contribution in [2.45, 2.75) is 46.0 Å². The molecule has 7 heteroatoms. The summed E-state index contributed by atoms with van der Waals surface area (Å²) in [6, 6.07) is 5.86. The van der Waals surface area contributed by atoms with Crippen LogP contribution in [-0.2, 0) is 16.6 Å². The molecule has 172 valence electrons. The molecule has 0 saturated carbocycles. The van der Waals surface area contributed by atoms with Gasteiger partial charge >= 0.3 is 0 Å². The van der Waals surface area contributed by atoms with Gasteiger partial charge in [-0.1, -0.05) is 19.9 Å². The number of likely N-dealkylation sites (tertiary alicyclic amines) is 1. The van der Waals surface area contributed by atoms with Gasteiger partial charge in [-0.3, -0.25) is 14.3 Å². The molecule has 0 bridgehead atoms.